The van der Waals surface area contributed by atoms with E-state index in [4.69, 9.17) is 5.84 Å². The van der Waals surface area contributed by atoms with Crippen molar-refractivity contribution in [3.63, 3.8) is 0 Å². The van der Waals surface area contributed by atoms with Crippen LogP contribution < -0.4 is 16.6 Å². The molecule has 16 heavy (non-hydrogen) atoms. The van der Waals surface area contributed by atoms with Gasteiger partial charge in [-0.05, 0) is 12.8 Å². The summed E-state index contributed by atoms with van der Waals surface area (Å²) in [6.07, 6.45) is 2.69. The number of nitrogens with two attached hydrogens (primary N) is 1. The number of aliphatic hydroxyl groups excluding tert-OH is 1. The summed E-state index contributed by atoms with van der Waals surface area (Å²) in [6.45, 7) is 2.11. The average molecular weight is 223 g/mol. The van der Waals surface area contributed by atoms with E-state index < -0.39 is 0 Å². The number of hydrogen-bond donors (Lipinski definition) is 4. The molecule has 0 aromatic carbocycles. The lowest BCUT2D eigenvalue weighted by Crippen LogP contribution is -2.26. The standard InChI is InChI=1S/C10H17N5O/c1-2-7-12-8(5-9(13-7)15-11)14-10(6-16)3-4-10/h5,16H,2-4,6,11H2,1H3,(H2,12,13,14,15). The second-order valence-corrected chi connectivity index (χ2v) is 4.12. The quantitative estimate of drug-likeness (QED) is 0.422. The van der Waals surface area contributed by atoms with E-state index in [1.165, 1.54) is 0 Å². The molecule has 0 aliphatic heterocycles. The number of aliphatic hydroxyl groups is 1. The first-order valence-electron chi connectivity index (χ1n) is 5.45. The number of rotatable bonds is 5. The van der Waals surface area contributed by atoms with Crippen LogP contribution in [0.15, 0.2) is 6.07 Å². The van der Waals surface area contributed by atoms with Gasteiger partial charge in [0.25, 0.3) is 0 Å². The molecule has 1 fully saturated rings. The van der Waals surface area contributed by atoms with Gasteiger partial charge in [0.05, 0.1) is 12.1 Å². The lowest BCUT2D eigenvalue weighted by Gasteiger charge is -2.16. The average Bonchev–Trinajstić information content (AvgIpc) is 3.09. The van der Waals surface area contributed by atoms with Crippen LogP contribution >= 0.6 is 0 Å². The van der Waals surface area contributed by atoms with Crippen LogP contribution in [-0.4, -0.2) is 27.2 Å². The Morgan fingerprint density at radius 2 is 2.12 bits per heavy atom. The Morgan fingerprint density at radius 3 is 2.62 bits per heavy atom. The van der Waals surface area contributed by atoms with Crippen LogP contribution in [0.25, 0.3) is 0 Å². The molecule has 1 aromatic heterocycles. The Balaban J connectivity index is 2.19. The van der Waals surface area contributed by atoms with Gasteiger partial charge in [-0.3, -0.25) is 0 Å². The third-order valence-electron chi connectivity index (χ3n) is 2.79. The Hall–Kier alpha value is -1.40. The van der Waals surface area contributed by atoms with Crippen LogP contribution in [-0.2, 0) is 6.42 Å². The van der Waals surface area contributed by atoms with Gasteiger partial charge in [-0.25, -0.2) is 15.8 Å². The van der Waals surface area contributed by atoms with Crippen LogP contribution in [0.4, 0.5) is 11.6 Å². The molecule has 1 aliphatic carbocycles. The largest absolute Gasteiger partial charge is 0.394 e. The predicted octanol–water partition coefficient (Wildman–Crippen LogP) is 0.261. The maximum Gasteiger partial charge on any atom is 0.145 e. The first kappa shape index (κ1) is 11.1. The van der Waals surface area contributed by atoms with Crippen LogP contribution in [0.5, 0.6) is 0 Å². The van der Waals surface area contributed by atoms with E-state index in [0.29, 0.717) is 11.6 Å². The van der Waals surface area contributed by atoms with Gasteiger partial charge in [0.2, 0.25) is 0 Å². The van der Waals surface area contributed by atoms with Crippen molar-refractivity contribution in [3.8, 4) is 0 Å². The molecular formula is C10H17N5O. The molecule has 0 amide bonds. The summed E-state index contributed by atoms with van der Waals surface area (Å²) in [5.41, 5.74) is 2.34. The highest BCUT2D eigenvalue weighted by atomic mass is 16.3. The van der Waals surface area contributed by atoms with Gasteiger partial charge < -0.3 is 15.8 Å². The van der Waals surface area contributed by atoms with Crippen LogP contribution in [0.1, 0.15) is 25.6 Å². The van der Waals surface area contributed by atoms with E-state index in [2.05, 4.69) is 20.7 Å². The number of nitrogens with zero attached hydrogens (tertiary/aromatic N) is 2. The molecule has 6 heteroatoms. The van der Waals surface area contributed by atoms with E-state index in [-0.39, 0.29) is 12.1 Å². The van der Waals surface area contributed by atoms with E-state index in [9.17, 15) is 5.11 Å². The number of aromatic nitrogens is 2. The van der Waals surface area contributed by atoms with Crippen molar-refractivity contribution in [1.82, 2.24) is 9.97 Å². The summed E-state index contributed by atoms with van der Waals surface area (Å²) >= 11 is 0. The van der Waals surface area contributed by atoms with Crippen molar-refractivity contribution in [2.75, 3.05) is 17.3 Å². The summed E-state index contributed by atoms with van der Waals surface area (Å²) in [7, 11) is 0. The number of aryl methyl sites for hydroxylation is 1. The molecule has 0 unspecified atom stereocenters. The molecule has 0 atom stereocenters. The molecule has 6 nitrogen and oxygen atoms in total. The smallest absolute Gasteiger partial charge is 0.145 e. The molecule has 1 aromatic rings. The molecule has 1 heterocycles. The third kappa shape index (κ3) is 2.23. The SMILES string of the molecule is CCc1nc(NN)cc(NC2(CO)CC2)n1. The summed E-state index contributed by atoms with van der Waals surface area (Å²) in [5, 5.41) is 12.5. The van der Waals surface area contributed by atoms with Gasteiger partial charge in [-0.1, -0.05) is 6.92 Å². The highest BCUT2D eigenvalue weighted by molar-refractivity contribution is 5.49. The van der Waals surface area contributed by atoms with Crippen LogP contribution in [0, 0.1) is 0 Å². The molecule has 0 radical (unpaired) electrons. The van der Waals surface area contributed by atoms with E-state index >= 15 is 0 Å². The lowest BCUT2D eigenvalue weighted by atomic mass is 10.3. The highest BCUT2D eigenvalue weighted by Gasteiger charge is 2.42. The molecule has 0 spiro atoms. The zero-order chi connectivity index (χ0) is 11.6. The zero-order valence-electron chi connectivity index (χ0n) is 9.32. The third-order valence-corrected chi connectivity index (χ3v) is 2.79. The van der Waals surface area contributed by atoms with Gasteiger partial charge in [0.15, 0.2) is 0 Å². The van der Waals surface area contributed by atoms with E-state index in [0.717, 1.165) is 25.1 Å². The normalized spacial score (nSPS) is 16.9. The fraction of sp³-hybridized carbons (Fsp3) is 0.600. The molecule has 5 N–H and O–H groups in total. The van der Waals surface area contributed by atoms with E-state index in [1.54, 1.807) is 6.07 Å². The Bertz CT molecular complexity index is 355. The number of hydrogen-bond acceptors (Lipinski definition) is 6. The predicted molar refractivity (Wildman–Crippen MR) is 61.9 cm³/mol. The van der Waals surface area contributed by atoms with Gasteiger partial charge >= 0.3 is 0 Å². The Morgan fingerprint density at radius 1 is 1.44 bits per heavy atom. The monoisotopic (exact) mass is 223 g/mol. The van der Waals surface area contributed by atoms with Gasteiger partial charge in [-0.15, -0.1) is 0 Å². The maximum atomic E-state index is 9.22. The molecule has 2 rings (SSSR count). The minimum absolute atomic E-state index is 0.129. The number of nitrogen functional groups attached to an aromatic ring is 1. The van der Waals surface area contributed by atoms with Crippen LogP contribution in [0.2, 0.25) is 0 Å². The zero-order valence-corrected chi connectivity index (χ0v) is 9.32. The van der Waals surface area contributed by atoms with E-state index in [1.807, 2.05) is 6.92 Å². The van der Waals surface area contributed by atoms with Gasteiger partial charge in [0.1, 0.15) is 17.5 Å². The first-order valence-corrected chi connectivity index (χ1v) is 5.45. The highest BCUT2D eigenvalue weighted by Crippen LogP contribution is 2.38. The van der Waals surface area contributed by atoms with Crippen LogP contribution in [0.3, 0.4) is 0 Å². The number of hydrazine groups is 1. The minimum Gasteiger partial charge on any atom is -0.394 e. The van der Waals surface area contributed by atoms with Crippen molar-refractivity contribution in [2.24, 2.45) is 5.84 Å². The second kappa shape index (κ2) is 4.23. The van der Waals surface area contributed by atoms with Crippen molar-refractivity contribution >= 4 is 11.6 Å². The lowest BCUT2D eigenvalue weighted by molar-refractivity contribution is 0.266. The minimum atomic E-state index is -0.175. The molecular weight excluding hydrogens is 206 g/mol. The van der Waals surface area contributed by atoms with Gasteiger partial charge in [-0.2, -0.15) is 0 Å². The summed E-state index contributed by atoms with van der Waals surface area (Å²) in [4.78, 5) is 8.54. The van der Waals surface area contributed by atoms with Crippen molar-refractivity contribution in [3.05, 3.63) is 11.9 Å². The Kier molecular flexibility index (Phi) is 2.93. The van der Waals surface area contributed by atoms with Gasteiger partial charge in [0, 0.05) is 12.5 Å². The second-order valence-electron chi connectivity index (χ2n) is 4.12. The molecule has 88 valence electrons. The maximum absolute atomic E-state index is 9.22. The molecule has 1 aliphatic rings. The summed E-state index contributed by atoms with van der Waals surface area (Å²) in [5.74, 6) is 7.37. The summed E-state index contributed by atoms with van der Waals surface area (Å²) < 4.78 is 0. The van der Waals surface area contributed by atoms with Crippen molar-refractivity contribution < 1.29 is 5.11 Å². The molecule has 1 saturated carbocycles. The Labute approximate surface area is 94.3 Å². The fourth-order valence-electron chi connectivity index (χ4n) is 1.54. The summed E-state index contributed by atoms with van der Waals surface area (Å²) in [6, 6.07) is 1.74. The topological polar surface area (TPSA) is 96.1 Å². The molecule has 0 bridgehead atoms. The van der Waals surface area contributed by atoms with Crippen molar-refractivity contribution in [1.29, 1.82) is 0 Å². The fourth-order valence-corrected chi connectivity index (χ4v) is 1.54. The van der Waals surface area contributed by atoms with Crippen molar-refractivity contribution in [2.45, 2.75) is 31.7 Å². The number of anilines is 2. The molecule has 0 saturated heterocycles. The number of nitrogens with one attached hydrogen (secondary N) is 2. The first-order chi connectivity index (χ1) is 7.71.